The molecule has 104 valence electrons. The number of rotatable bonds is 4. The first-order chi connectivity index (χ1) is 9.61. The second-order valence-electron chi connectivity index (χ2n) is 4.24. The number of hydrazone groups is 1. The fourth-order valence-electron chi connectivity index (χ4n) is 1.66. The monoisotopic (exact) mass is 350 g/mol. The molecule has 0 spiro atoms. The summed E-state index contributed by atoms with van der Waals surface area (Å²) >= 11 is 5.05. The summed E-state index contributed by atoms with van der Waals surface area (Å²) < 4.78 is 0.759. The number of hydrogen-bond donors (Lipinski definition) is 1. The second-order valence-corrected chi connectivity index (χ2v) is 6.26. The highest BCUT2D eigenvalue weighted by atomic mass is 79.9. The molecule has 5 heteroatoms. The minimum atomic E-state index is -0.218. The Morgan fingerprint density at radius 3 is 2.70 bits per heavy atom. The summed E-state index contributed by atoms with van der Waals surface area (Å²) in [6.45, 7) is 4.02. The van der Waals surface area contributed by atoms with E-state index in [1.54, 1.807) is 17.4 Å². The number of halogens is 1. The van der Waals surface area contributed by atoms with Crippen LogP contribution in [-0.4, -0.2) is 11.6 Å². The SMILES string of the molecule is CCc1ccc(/C(C)=N/NC(=O)c2ccccc2Br)s1. The van der Waals surface area contributed by atoms with E-state index in [0.717, 1.165) is 21.5 Å². The van der Waals surface area contributed by atoms with Gasteiger partial charge in [-0.05, 0) is 53.5 Å². The third-order valence-electron chi connectivity index (χ3n) is 2.81. The number of carbonyl (C=O) groups is 1. The number of thiophene rings is 1. The zero-order valence-corrected chi connectivity index (χ0v) is 13.7. The molecule has 0 fully saturated rings. The Hall–Kier alpha value is -1.46. The molecule has 2 rings (SSSR count). The number of benzene rings is 1. The summed E-state index contributed by atoms with van der Waals surface area (Å²) in [4.78, 5) is 14.4. The van der Waals surface area contributed by atoms with Crippen molar-refractivity contribution in [3.8, 4) is 0 Å². The third kappa shape index (κ3) is 3.55. The van der Waals surface area contributed by atoms with Crippen molar-refractivity contribution in [2.24, 2.45) is 5.10 Å². The number of aryl methyl sites for hydroxylation is 1. The molecule has 1 heterocycles. The lowest BCUT2D eigenvalue weighted by molar-refractivity contribution is 0.0954. The molecule has 0 aliphatic heterocycles. The Balaban J connectivity index is 2.09. The number of nitrogens with one attached hydrogen (secondary N) is 1. The molecule has 0 aliphatic carbocycles. The van der Waals surface area contributed by atoms with E-state index in [9.17, 15) is 4.79 Å². The highest BCUT2D eigenvalue weighted by Gasteiger charge is 2.08. The van der Waals surface area contributed by atoms with Crippen molar-refractivity contribution in [3.05, 3.63) is 56.2 Å². The minimum Gasteiger partial charge on any atom is -0.267 e. The van der Waals surface area contributed by atoms with E-state index < -0.39 is 0 Å². The summed E-state index contributed by atoms with van der Waals surface area (Å²) in [5.74, 6) is -0.218. The van der Waals surface area contributed by atoms with Crippen LogP contribution in [0.1, 0.15) is 34.0 Å². The molecule has 2 aromatic rings. The maximum Gasteiger partial charge on any atom is 0.272 e. The summed E-state index contributed by atoms with van der Waals surface area (Å²) in [6, 6.07) is 11.4. The van der Waals surface area contributed by atoms with Gasteiger partial charge in [-0.3, -0.25) is 4.79 Å². The lowest BCUT2D eigenvalue weighted by atomic mass is 10.2. The van der Waals surface area contributed by atoms with Crippen molar-refractivity contribution in [1.29, 1.82) is 0 Å². The van der Waals surface area contributed by atoms with Gasteiger partial charge in [-0.2, -0.15) is 5.10 Å². The zero-order valence-electron chi connectivity index (χ0n) is 11.3. The maximum atomic E-state index is 12.0. The molecule has 20 heavy (non-hydrogen) atoms. The summed E-state index contributed by atoms with van der Waals surface area (Å²) in [5, 5.41) is 4.17. The van der Waals surface area contributed by atoms with Gasteiger partial charge < -0.3 is 0 Å². The summed E-state index contributed by atoms with van der Waals surface area (Å²) in [6.07, 6.45) is 1.02. The quantitative estimate of drug-likeness (QED) is 0.650. The summed E-state index contributed by atoms with van der Waals surface area (Å²) in [5.41, 5.74) is 3.98. The largest absolute Gasteiger partial charge is 0.272 e. The first-order valence-corrected chi connectivity index (χ1v) is 7.91. The average molecular weight is 351 g/mol. The molecule has 1 aromatic heterocycles. The van der Waals surface area contributed by atoms with Crippen LogP contribution in [0.5, 0.6) is 0 Å². The van der Waals surface area contributed by atoms with Crippen LogP contribution < -0.4 is 5.43 Å². The van der Waals surface area contributed by atoms with E-state index in [1.807, 2.05) is 31.2 Å². The first-order valence-electron chi connectivity index (χ1n) is 6.30. The maximum absolute atomic E-state index is 12.0. The molecule has 0 unspecified atom stereocenters. The van der Waals surface area contributed by atoms with Gasteiger partial charge in [0, 0.05) is 9.35 Å². The van der Waals surface area contributed by atoms with Crippen molar-refractivity contribution in [2.75, 3.05) is 0 Å². The van der Waals surface area contributed by atoms with Crippen molar-refractivity contribution in [3.63, 3.8) is 0 Å². The molecule has 0 bridgehead atoms. The standard InChI is InChI=1S/C15H15BrN2OS/c1-3-11-8-9-14(20-11)10(2)17-18-15(19)12-6-4-5-7-13(12)16/h4-9H,3H2,1-2H3,(H,18,19)/b17-10+. The molecular formula is C15H15BrN2OS. The fourth-order valence-corrected chi connectivity index (χ4v) is 3.01. The predicted octanol–water partition coefficient (Wildman–Crippen LogP) is 4.23. The lowest BCUT2D eigenvalue weighted by Crippen LogP contribution is -2.19. The van der Waals surface area contributed by atoms with E-state index >= 15 is 0 Å². The van der Waals surface area contributed by atoms with E-state index in [1.165, 1.54) is 4.88 Å². The van der Waals surface area contributed by atoms with E-state index in [2.05, 4.69) is 39.4 Å². The molecule has 0 saturated carbocycles. The van der Waals surface area contributed by atoms with Crippen molar-refractivity contribution >= 4 is 38.9 Å². The van der Waals surface area contributed by atoms with E-state index in [0.29, 0.717) is 5.56 Å². The second kappa shape index (κ2) is 6.81. The van der Waals surface area contributed by atoms with Crippen LogP contribution >= 0.6 is 27.3 Å². The number of nitrogens with zero attached hydrogens (tertiary/aromatic N) is 1. The van der Waals surface area contributed by atoms with Gasteiger partial charge in [0.25, 0.3) is 5.91 Å². The van der Waals surface area contributed by atoms with Gasteiger partial charge in [0.15, 0.2) is 0 Å². The molecule has 0 saturated heterocycles. The molecule has 1 aromatic carbocycles. The van der Waals surface area contributed by atoms with Crippen LogP contribution in [0.25, 0.3) is 0 Å². The molecule has 0 atom stereocenters. The van der Waals surface area contributed by atoms with Gasteiger partial charge in [-0.25, -0.2) is 5.43 Å². The normalized spacial score (nSPS) is 11.4. The van der Waals surface area contributed by atoms with Crippen LogP contribution in [-0.2, 0) is 6.42 Å². The minimum absolute atomic E-state index is 0.218. The van der Waals surface area contributed by atoms with E-state index in [4.69, 9.17) is 0 Å². The first kappa shape index (κ1) is 14.9. The molecule has 0 radical (unpaired) electrons. The van der Waals surface area contributed by atoms with Crippen molar-refractivity contribution < 1.29 is 4.79 Å². The fraction of sp³-hybridized carbons (Fsp3) is 0.200. The number of hydrogen-bond acceptors (Lipinski definition) is 3. The predicted molar refractivity (Wildman–Crippen MR) is 87.5 cm³/mol. The Morgan fingerprint density at radius 1 is 1.30 bits per heavy atom. The average Bonchev–Trinajstić information content (AvgIpc) is 2.94. The van der Waals surface area contributed by atoms with Crippen LogP contribution in [0.15, 0.2) is 46.0 Å². The van der Waals surface area contributed by atoms with Crippen molar-refractivity contribution in [1.82, 2.24) is 5.43 Å². The van der Waals surface area contributed by atoms with Crippen LogP contribution in [0.4, 0.5) is 0 Å². The zero-order chi connectivity index (χ0) is 14.5. The van der Waals surface area contributed by atoms with Gasteiger partial charge in [-0.1, -0.05) is 19.1 Å². The molecule has 0 aliphatic rings. The Bertz CT molecular complexity index is 649. The Kier molecular flexibility index (Phi) is 5.09. The van der Waals surface area contributed by atoms with E-state index in [-0.39, 0.29) is 5.91 Å². The topological polar surface area (TPSA) is 41.5 Å². The van der Waals surface area contributed by atoms with Gasteiger partial charge in [0.05, 0.1) is 16.2 Å². The van der Waals surface area contributed by atoms with Crippen LogP contribution in [0, 0.1) is 0 Å². The van der Waals surface area contributed by atoms with Crippen LogP contribution in [0.2, 0.25) is 0 Å². The van der Waals surface area contributed by atoms with Gasteiger partial charge in [0.2, 0.25) is 0 Å². The number of amides is 1. The highest BCUT2D eigenvalue weighted by Crippen LogP contribution is 2.18. The lowest BCUT2D eigenvalue weighted by Gasteiger charge is -2.03. The van der Waals surface area contributed by atoms with Gasteiger partial charge >= 0.3 is 0 Å². The smallest absolute Gasteiger partial charge is 0.267 e. The Morgan fingerprint density at radius 2 is 2.05 bits per heavy atom. The highest BCUT2D eigenvalue weighted by molar-refractivity contribution is 9.10. The van der Waals surface area contributed by atoms with Gasteiger partial charge in [0.1, 0.15) is 0 Å². The Labute approximate surface area is 130 Å². The van der Waals surface area contributed by atoms with Gasteiger partial charge in [-0.15, -0.1) is 11.3 Å². The molecule has 3 nitrogen and oxygen atoms in total. The van der Waals surface area contributed by atoms with Crippen LogP contribution in [0.3, 0.4) is 0 Å². The molecule has 1 amide bonds. The molecular weight excluding hydrogens is 336 g/mol. The third-order valence-corrected chi connectivity index (χ3v) is 4.84. The number of carbonyl (C=O) groups excluding carboxylic acids is 1. The molecule has 1 N–H and O–H groups in total. The summed E-state index contributed by atoms with van der Waals surface area (Å²) in [7, 11) is 0. The van der Waals surface area contributed by atoms with Crippen molar-refractivity contribution in [2.45, 2.75) is 20.3 Å².